The van der Waals surface area contributed by atoms with Gasteiger partial charge in [0.05, 0.1) is 5.75 Å². The Bertz CT molecular complexity index is 780. The Morgan fingerprint density at radius 2 is 1.85 bits per heavy atom. The molecule has 1 aromatic carbocycles. The number of hydrogen-bond acceptors (Lipinski definition) is 5. The Hall–Kier alpha value is -2.08. The number of nitrogens with zero attached hydrogens (tertiary/aromatic N) is 3. The standard InChI is InChI=1S/C21H28N4OS/c1-14-8-15(2)11-25(10-14)18-9-20(23-13-22-18)27-12-19(26)24-21-16(3)6-5-7-17(21)4/h5-7,9,13-15H,8,10-12H2,1-4H3,(H,24,26)/t14-,15-/m1/s1. The number of thioether (sulfide) groups is 1. The lowest BCUT2D eigenvalue weighted by molar-refractivity contribution is -0.113. The summed E-state index contributed by atoms with van der Waals surface area (Å²) in [6.07, 6.45) is 2.87. The Morgan fingerprint density at radius 1 is 1.19 bits per heavy atom. The summed E-state index contributed by atoms with van der Waals surface area (Å²) in [5, 5.41) is 3.86. The quantitative estimate of drug-likeness (QED) is 0.615. The number of carbonyl (C=O) groups excluding carboxylic acids is 1. The monoisotopic (exact) mass is 384 g/mol. The minimum Gasteiger partial charge on any atom is -0.356 e. The molecule has 27 heavy (non-hydrogen) atoms. The Kier molecular flexibility index (Phi) is 6.37. The van der Waals surface area contributed by atoms with Crippen LogP contribution in [0, 0.1) is 25.7 Å². The van der Waals surface area contributed by atoms with Gasteiger partial charge in [0.25, 0.3) is 0 Å². The van der Waals surface area contributed by atoms with Crippen molar-refractivity contribution in [3.8, 4) is 0 Å². The van der Waals surface area contributed by atoms with Crippen molar-refractivity contribution in [2.45, 2.75) is 39.1 Å². The molecule has 1 aromatic heterocycles. The number of aryl methyl sites for hydroxylation is 2. The molecule has 3 rings (SSSR count). The molecule has 2 atom stereocenters. The molecule has 2 aromatic rings. The summed E-state index contributed by atoms with van der Waals surface area (Å²) in [7, 11) is 0. The molecule has 5 nitrogen and oxygen atoms in total. The molecule has 1 aliphatic heterocycles. The van der Waals surface area contributed by atoms with E-state index in [-0.39, 0.29) is 5.91 Å². The molecule has 1 amide bonds. The smallest absolute Gasteiger partial charge is 0.234 e. The van der Waals surface area contributed by atoms with Crippen LogP contribution < -0.4 is 10.2 Å². The second kappa shape index (κ2) is 8.74. The first-order valence-electron chi connectivity index (χ1n) is 9.48. The van der Waals surface area contributed by atoms with E-state index in [0.717, 1.165) is 40.7 Å². The van der Waals surface area contributed by atoms with E-state index in [2.05, 4.69) is 34.0 Å². The molecule has 0 unspecified atom stereocenters. The fraction of sp³-hybridized carbons (Fsp3) is 0.476. The molecule has 0 spiro atoms. The Morgan fingerprint density at radius 3 is 2.52 bits per heavy atom. The molecular formula is C21H28N4OS. The third kappa shape index (κ3) is 5.22. The zero-order valence-electron chi connectivity index (χ0n) is 16.5. The van der Waals surface area contributed by atoms with Gasteiger partial charge in [-0.2, -0.15) is 0 Å². The molecule has 0 radical (unpaired) electrons. The lowest BCUT2D eigenvalue weighted by Crippen LogP contribution is -2.39. The van der Waals surface area contributed by atoms with Crippen LogP contribution in [0.15, 0.2) is 35.6 Å². The fourth-order valence-electron chi connectivity index (χ4n) is 3.76. The van der Waals surface area contributed by atoms with Crippen molar-refractivity contribution in [1.29, 1.82) is 0 Å². The number of benzene rings is 1. The van der Waals surface area contributed by atoms with Gasteiger partial charge in [-0.3, -0.25) is 4.79 Å². The number of aromatic nitrogens is 2. The van der Waals surface area contributed by atoms with Gasteiger partial charge in [-0.1, -0.05) is 43.8 Å². The topological polar surface area (TPSA) is 58.1 Å². The largest absolute Gasteiger partial charge is 0.356 e. The van der Waals surface area contributed by atoms with Gasteiger partial charge in [-0.05, 0) is 43.2 Å². The molecule has 1 fully saturated rings. The van der Waals surface area contributed by atoms with Gasteiger partial charge in [0, 0.05) is 24.8 Å². The summed E-state index contributed by atoms with van der Waals surface area (Å²) in [5.41, 5.74) is 3.06. The zero-order chi connectivity index (χ0) is 19.4. The number of para-hydroxylation sites is 1. The van der Waals surface area contributed by atoms with E-state index in [9.17, 15) is 4.79 Å². The van der Waals surface area contributed by atoms with Crippen molar-refractivity contribution >= 4 is 29.2 Å². The highest BCUT2D eigenvalue weighted by Gasteiger charge is 2.23. The minimum atomic E-state index is -0.0159. The van der Waals surface area contributed by atoms with Gasteiger partial charge in [0.1, 0.15) is 17.2 Å². The van der Waals surface area contributed by atoms with Gasteiger partial charge in [0.15, 0.2) is 0 Å². The highest BCUT2D eigenvalue weighted by atomic mass is 32.2. The van der Waals surface area contributed by atoms with E-state index in [4.69, 9.17) is 0 Å². The average Bonchev–Trinajstić information content (AvgIpc) is 2.63. The molecule has 1 saturated heterocycles. The predicted octanol–water partition coefficient (Wildman–Crippen LogP) is 4.31. The highest BCUT2D eigenvalue weighted by Crippen LogP contribution is 2.27. The number of nitrogens with one attached hydrogen (secondary N) is 1. The summed E-state index contributed by atoms with van der Waals surface area (Å²) >= 11 is 1.45. The van der Waals surface area contributed by atoms with Crippen LogP contribution in [0.4, 0.5) is 11.5 Å². The molecular weight excluding hydrogens is 356 g/mol. The predicted molar refractivity (Wildman–Crippen MR) is 112 cm³/mol. The maximum Gasteiger partial charge on any atom is 0.234 e. The van der Waals surface area contributed by atoms with Crippen LogP contribution in [0.3, 0.4) is 0 Å². The SMILES string of the molecule is Cc1cccc(C)c1NC(=O)CSc1cc(N2C[C@H](C)C[C@@H](C)C2)ncn1. The van der Waals surface area contributed by atoms with Gasteiger partial charge in [-0.25, -0.2) is 9.97 Å². The second-order valence-electron chi connectivity index (χ2n) is 7.67. The molecule has 1 N–H and O–H groups in total. The van der Waals surface area contributed by atoms with E-state index in [1.807, 2.05) is 38.1 Å². The first kappa shape index (κ1) is 19.7. The van der Waals surface area contributed by atoms with Crippen LogP contribution in [-0.2, 0) is 4.79 Å². The Balaban J connectivity index is 1.60. The number of anilines is 2. The van der Waals surface area contributed by atoms with Crippen LogP contribution in [0.2, 0.25) is 0 Å². The number of carbonyl (C=O) groups is 1. The third-order valence-electron chi connectivity index (χ3n) is 4.92. The molecule has 0 bridgehead atoms. The van der Waals surface area contributed by atoms with Crippen LogP contribution in [0.5, 0.6) is 0 Å². The van der Waals surface area contributed by atoms with Crippen LogP contribution in [-0.4, -0.2) is 34.7 Å². The summed E-state index contributed by atoms with van der Waals surface area (Å²) < 4.78 is 0. The van der Waals surface area contributed by atoms with Crippen LogP contribution in [0.1, 0.15) is 31.4 Å². The van der Waals surface area contributed by atoms with Crippen molar-refractivity contribution in [2.75, 3.05) is 29.1 Å². The lowest BCUT2D eigenvalue weighted by atomic mass is 9.92. The van der Waals surface area contributed by atoms with Crippen molar-refractivity contribution in [1.82, 2.24) is 9.97 Å². The van der Waals surface area contributed by atoms with Gasteiger partial charge < -0.3 is 10.2 Å². The van der Waals surface area contributed by atoms with E-state index in [1.54, 1.807) is 6.33 Å². The Labute approximate surface area is 166 Å². The zero-order valence-corrected chi connectivity index (χ0v) is 17.3. The maximum atomic E-state index is 12.4. The van der Waals surface area contributed by atoms with Crippen molar-refractivity contribution < 1.29 is 4.79 Å². The number of rotatable bonds is 5. The van der Waals surface area contributed by atoms with Gasteiger partial charge in [-0.15, -0.1) is 0 Å². The van der Waals surface area contributed by atoms with E-state index >= 15 is 0 Å². The molecule has 2 heterocycles. The third-order valence-corrected chi connectivity index (χ3v) is 5.84. The molecule has 144 valence electrons. The van der Waals surface area contributed by atoms with E-state index in [0.29, 0.717) is 17.6 Å². The number of amides is 1. The van der Waals surface area contributed by atoms with Crippen molar-refractivity contribution in [3.05, 3.63) is 41.7 Å². The van der Waals surface area contributed by atoms with Crippen LogP contribution in [0.25, 0.3) is 0 Å². The van der Waals surface area contributed by atoms with Crippen LogP contribution >= 0.6 is 11.8 Å². The van der Waals surface area contributed by atoms with Gasteiger partial charge >= 0.3 is 0 Å². The minimum absolute atomic E-state index is 0.0159. The van der Waals surface area contributed by atoms with E-state index in [1.165, 1.54) is 18.2 Å². The van der Waals surface area contributed by atoms with Crippen molar-refractivity contribution in [2.24, 2.45) is 11.8 Å². The first-order chi connectivity index (χ1) is 12.9. The maximum absolute atomic E-state index is 12.4. The highest BCUT2D eigenvalue weighted by molar-refractivity contribution is 7.99. The van der Waals surface area contributed by atoms with E-state index < -0.39 is 0 Å². The number of piperidine rings is 1. The summed E-state index contributed by atoms with van der Waals surface area (Å²) in [4.78, 5) is 23.5. The number of hydrogen-bond donors (Lipinski definition) is 1. The normalized spacial score (nSPS) is 19.8. The second-order valence-corrected chi connectivity index (χ2v) is 8.66. The van der Waals surface area contributed by atoms with Crippen molar-refractivity contribution in [3.63, 3.8) is 0 Å². The summed E-state index contributed by atoms with van der Waals surface area (Å²) in [6, 6.07) is 8.02. The summed E-state index contributed by atoms with van der Waals surface area (Å²) in [5.74, 6) is 2.61. The molecule has 0 saturated carbocycles. The lowest BCUT2D eigenvalue weighted by Gasteiger charge is -2.35. The summed E-state index contributed by atoms with van der Waals surface area (Å²) in [6.45, 7) is 10.6. The average molecular weight is 385 g/mol. The van der Waals surface area contributed by atoms with Gasteiger partial charge in [0.2, 0.25) is 5.91 Å². The first-order valence-corrected chi connectivity index (χ1v) is 10.5. The fourth-order valence-corrected chi connectivity index (χ4v) is 4.42. The molecule has 0 aliphatic carbocycles. The molecule has 1 aliphatic rings. The molecule has 6 heteroatoms.